The van der Waals surface area contributed by atoms with Gasteiger partial charge in [0.15, 0.2) is 23.9 Å². The molecule has 52 heavy (non-hydrogen) atoms. The van der Waals surface area contributed by atoms with Crippen LogP contribution in [0.15, 0.2) is 0 Å². The molecule has 1 aliphatic rings. The van der Waals surface area contributed by atoms with Crippen LogP contribution in [0, 0.1) is 5.41 Å². The molecule has 0 saturated carbocycles. The fraction of sp³-hybridized carbons (Fsp3) is 0.905. The Hall–Kier alpha value is -2.66. The number of halogens is 28. The number of rotatable bonds is 16. The summed E-state index contributed by atoms with van der Waals surface area (Å²) in [6.45, 7) is -4.24. The van der Waals surface area contributed by atoms with E-state index >= 15 is 0 Å². The first kappa shape index (κ1) is 47.4. The van der Waals surface area contributed by atoms with E-state index in [2.05, 4.69) is 4.74 Å². The predicted molar refractivity (Wildman–Crippen MR) is 104 cm³/mol. The number of Topliss-reactive ketones (excluding diaryl/α,β-unsaturated/α-hetero) is 2. The van der Waals surface area contributed by atoms with Gasteiger partial charge in [0, 0.05) is 0 Å². The Bertz CT molecular complexity index is 1240. The molecule has 1 aliphatic heterocycles. The van der Waals surface area contributed by atoms with Crippen molar-refractivity contribution in [3.63, 3.8) is 0 Å². The van der Waals surface area contributed by atoms with E-state index in [1.807, 2.05) is 0 Å². The molecule has 2 unspecified atom stereocenters. The summed E-state index contributed by atoms with van der Waals surface area (Å²) in [5, 5.41) is 0. The molecule has 31 heteroatoms. The van der Waals surface area contributed by atoms with E-state index in [9.17, 15) is 133 Å². The van der Waals surface area contributed by atoms with Crippen molar-refractivity contribution in [2.75, 3.05) is 13.2 Å². The van der Waals surface area contributed by atoms with Gasteiger partial charge in [-0.2, -0.15) is 114 Å². The van der Waals surface area contributed by atoms with Crippen LogP contribution in [-0.4, -0.2) is 109 Å². The Balaban J connectivity index is 3.47. The SMILES string of the molecule is O=C(C(F)CC(F)(F)C(F)(F)C(F)(F)C(F)(F)C(F)(F)C(F)(F)F)C1(C(=O)C(F)CC(F)(F)C(F)(F)C(F)(F)C(F)(F)C(F)(F)C(F)(F)F)COC1. The zero-order valence-electron chi connectivity index (χ0n) is 23.3. The molecule has 0 bridgehead atoms. The highest BCUT2D eigenvalue weighted by atomic mass is 19.4. The van der Waals surface area contributed by atoms with Crippen molar-refractivity contribution in [2.45, 2.75) is 96.8 Å². The number of carbonyl (C=O) groups excluding carboxylic acids is 2. The molecule has 3 nitrogen and oxygen atoms in total. The summed E-state index contributed by atoms with van der Waals surface area (Å²) in [6.07, 6.45) is -33.8. The van der Waals surface area contributed by atoms with Crippen molar-refractivity contribution in [2.24, 2.45) is 5.41 Å². The van der Waals surface area contributed by atoms with Crippen LogP contribution in [0.25, 0.3) is 0 Å². The molecule has 2 atom stereocenters. The van der Waals surface area contributed by atoms with E-state index in [1.54, 1.807) is 0 Å². The monoisotopic (exact) mass is 842 g/mol. The van der Waals surface area contributed by atoms with E-state index in [-0.39, 0.29) is 0 Å². The fourth-order valence-corrected chi connectivity index (χ4v) is 3.81. The number of ether oxygens (including phenoxy) is 1. The third-order valence-corrected chi connectivity index (χ3v) is 7.08. The summed E-state index contributed by atoms with van der Waals surface area (Å²) in [6, 6.07) is 0. The molecule has 1 saturated heterocycles. The van der Waals surface area contributed by atoms with Gasteiger partial charge >= 0.3 is 71.6 Å². The minimum atomic E-state index is -8.57. The van der Waals surface area contributed by atoms with E-state index in [4.69, 9.17) is 0 Å². The summed E-state index contributed by atoms with van der Waals surface area (Å²) >= 11 is 0. The lowest BCUT2D eigenvalue weighted by molar-refractivity contribution is -0.440. The lowest BCUT2D eigenvalue weighted by Crippen LogP contribution is -2.70. The Kier molecular flexibility index (Phi) is 11.6. The van der Waals surface area contributed by atoms with Crippen molar-refractivity contribution in [3.05, 3.63) is 0 Å². The maximum Gasteiger partial charge on any atom is 0.460 e. The molecule has 0 aliphatic carbocycles. The first-order valence-corrected chi connectivity index (χ1v) is 12.1. The smallest absolute Gasteiger partial charge is 0.378 e. The number of ketones is 2. The average Bonchev–Trinajstić information content (AvgIpc) is 2.89. The normalized spacial score (nSPS) is 19.2. The molecule has 0 N–H and O–H groups in total. The molecule has 1 fully saturated rings. The summed E-state index contributed by atoms with van der Waals surface area (Å²) < 4.78 is 376. The van der Waals surface area contributed by atoms with Crippen LogP contribution in [0.4, 0.5) is 123 Å². The van der Waals surface area contributed by atoms with Crippen LogP contribution in [0.3, 0.4) is 0 Å². The minimum Gasteiger partial charge on any atom is -0.378 e. The standard InChI is InChI=1S/C21H10F28O3/c22-5(1-10(24,25)12(28,29)14(32,33)16(36,37)18(40,41)20(44,45)46)7(50)9(3-52-4-9)8(51)6(23)2-11(26,27)13(30,31)15(34,35)17(38,39)19(42,43)21(47,48)49/h5-6H,1-4H2. The van der Waals surface area contributed by atoms with Gasteiger partial charge in [-0.1, -0.05) is 0 Å². The maximum absolute atomic E-state index is 14.4. The predicted octanol–water partition coefficient (Wildman–Crippen LogP) is 9.08. The van der Waals surface area contributed by atoms with E-state index in [1.165, 1.54) is 0 Å². The van der Waals surface area contributed by atoms with E-state index < -0.39 is 127 Å². The van der Waals surface area contributed by atoms with Crippen LogP contribution in [0.2, 0.25) is 0 Å². The number of hydrogen-bond acceptors (Lipinski definition) is 3. The highest BCUT2D eigenvalue weighted by molar-refractivity contribution is 6.11. The van der Waals surface area contributed by atoms with Crippen LogP contribution in [0.1, 0.15) is 12.8 Å². The third-order valence-electron chi connectivity index (χ3n) is 7.08. The summed E-state index contributed by atoms with van der Waals surface area (Å²) in [5.41, 5.74) is -4.17. The average molecular weight is 842 g/mol. The summed E-state index contributed by atoms with van der Waals surface area (Å²) in [4.78, 5) is 24.4. The maximum atomic E-state index is 14.4. The summed E-state index contributed by atoms with van der Waals surface area (Å²) in [5.74, 6) is -88.8. The van der Waals surface area contributed by atoms with Gasteiger partial charge in [-0.05, 0) is 0 Å². The van der Waals surface area contributed by atoms with Crippen LogP contribution >= 0.6 is 0 Å². The zero-order chi connectivity index (χ0) is 42.3. The van der Waals surface area contributed by atoms with Crippen molar-refractivity contribution in [3.8, 4) is 0 Å². The lowest BCUT2D eigenvalue weighted by atomic mass is 9.72. The van der Waals surface area contributed by atoms with Gasteiger partial charge in [-0.15, -0.1) is 0 Å². The molecule has 308 valence electrons. The van der Waals surface area contributed by atoms with Gasteiger partial charge in [-0.3, -0.25) is 9.59 Å². The molecule has 0 spiro atoms. The van der Waals surface area contributed by atoms with E-state index in [0.717, 1.165) is 0 Å². The van der Waals surface area contributed by atoms with Crippen LogP contribution < -0.4 is 0 Å². The molecule has 1 heterocycles. The van der Waals surface area contributed by atoms with E-state index in [0.29, 0.717) is 0 Å². The molecule has 0 aromatic heterocycles. The second-order valence-corrected chi connectivity index (χ2v) is 10.6. The van der Waals surface area contributed by atoms with Gasteiger partial charge in [0.2, 0.25) is 0 Å². The highest BCUT2D eigenvalue weighted by Gasteiger charge is 2.92. The third kappa shape index (κ3) is 6.47. The van der Waals surface area contributed by atoms with Crippen LogP contribution in [0.5, 0.6) is 0 Å². The molecular formula is C21H10F28O3. The van der Waals surface area contributed by atoms with Crippen molar-refractivity contribution in [1.82, 2.24) is 0 Å². The summed E-state index contributed by atoms with van der Waals surface area (Å²) in [7, 11) is 0. The van der Waals surface area contributed by atoms with Crippen molar-refractivity contribution < 1.29 is 137 Å². The Morgan fingerprint density at radius 3 is 0.788 bits per heavy atom. The molecule has 0 radical (unpaired) electrons. The molecular weight excluding hydrogens is 832 g/mol. The molecule has 0 aromatic rings. The number of carbonyl (C=O) groups is 2. The highest BCUT2D eigenvalue weighted by Crippen LogP contribution is 2.63. The quantitative estimate of drug-likeness (QED) is 0.115. The fourth-order valence-electron chi connectivity index (χ4n) is 3.81. The molecule has 1 rings (SSSR count). The topological polar surface area (TPSA) is 43.4 Å². The Morgan fingerprint density at radius 1 is 0.404 bits per heavy atom. The van der Waals surface area contributed by atoms with Gasteiger partial charge in [0.25, 0.3) is 0 Å². The second kappa shape index (κ2) is 12.7. The second-order valence-electron chi connectivity index (χ2n) is 10.6. The molecule has 0 amide bonds. The minimum absolute atomic E-state index is 2.12. The Morgan fingerprint density at radius 2 is 0.615 bits per heavy atom. The first-order valence-electron chi connectivity index (χ1n) is 12.1. The van der Waals surface area contributed by atoms with Gasteiger partial charge in [-0.25, -0.2) is 8.78 Å². The molecule has 0 aromatic carbocycles. The largest absolute Gasteiger partial charge is 0.460 e. The van der Waals surface area contributed by atoms with Gasteiger partial charge in [0.05, 0.1) is 26.1 Å². The van der Waals surface area contributed by atoms with Gasteiger partial charge in [0.1, 0.15) is 5.41 Å². The van der Waals surface area contributed by atoms with Crippen LogP contribution in [-0.2, 0) is 14.3 Å². The zero-order valence-corrected chi connectivity index (χ0v) is 23.3. The van der Waals surface area contributed by atoms with Crippen molar-refractivity contribution in [1.29, 1.82) is 0 Å². The first-order chi connectivity index (χ1) is 22.3. The number of hydrogen-bond donors (Lipinski definition) is 0. The van der Waals surface area contributed by atoms with Crippen molar-refractivity contribution >= 4 is 11.6 Å². The number of alkyl halides is 28. The lowest BCUT2D eigenvalue weighted by Gasteiger charge is -2.42. The Labute approximate surface area is 265 Å². The van der Waals surface area contributed by atoms with Gasteiger partial charge < -0.3 is 4.74 Å².